The smallest absolute Gasteiger partial charge is 0.222 e. The second-order valence-electron chi connectivity index (χ2n) is 6.65. The largest absolute Gasteiger partial charge is 0.357 e. The van der Waals surface area contributed by atoms with Gasteiger partial charge in [0, 0.05) is 37.1 Å². The second-order valence-corrected chi connectivity index (χ2v) is 7.97. The number of guanidine groups is 1. The fraction of sp³-hybridized carbons (Fsp3) is 0.450. The van der Waals surface area contributed by atoms with Crippen molar-refractivity contribution in [2.45, 2.75) is 46.3 Å². The lowest BCUT2D eigenvalue weighted by molar-refractivity contribution is -0.128. The highest BCUT2D eigenvalue weighted by Gasteiger charge is 2.19. The van der Waals surface area contributed by atoms with E-state index in [4.69, 9.17) is 0 Å². The normalized spacial score (nSPS) is 14.7. The maximum Gasteiger partial charge on any atom is 0.222 e. The van der Waals surface area contributed by atoms with Crippen molar-refractivity contribution in [3.63, 3.8) is 0 Å². The Labute approximate surface area is 164 Å². The van der Waals surface area contributed by atoms with Gasteiger partial charge in [-0.2, -0.15) is 0 Å². The first-order valence-electron chi connectivity index (χ1n) is 9.43. The van der Waals surface area contributed by atoms with Crippen LogP contribution in [0.5, 0.6) is 0 Å². The molecular formula is C20H27N5OS. The minimum Gasteiger partial charge on any atom is -0.357 e. The molecule has 0 radical (unpaired) electrons. The predicted octanol–water partition coefficient (Wildman–Crippen LogP) is 2.83. The molecule has 2 N–H and O–H groups in total. The standard InChI is InChI=1S/C20H27N5OS/c1-3-21-20(24-13-18-22-11-15(2)27-18)23-12-16-6-8-17(9-7-16)14-25-10-4-5-19(25)26/h6-9,11H,3-5,10,12-14H2,1-2H3,(H2,21,23,24). The van der Waals surface area contributed by atoms with Gasteiger partial charge in [0.25, 0.3) is 0 Å². The van der Waals surface area contributed by atoms with E-state index in [1.807, 2.05) is 11.1 Å². The van der Waals surface area contributed by atoms with E-state index in [1.54, 1.807) is 11.3 Å². The van der Waals surface area contributed by atoms with E-state index in [0.29, 0.717) is 26.1 Å². The first kappa shape index (κ1) is 19.4. The number of amides is 1. The van der Waals surface area contributed by atoms with E-state index in [1.165, 1.54) is 10.4 Å². The van der Waals surface area contributed by atoms with Gasteiger partial charge < -0.3 is 15.5 Å². The molecule has 0 saturated carbocycles. The average molecular weight is 386 g/mol. The highest BCUT2D eigenvalue weighted by molar-refractivity contribution is 7.11. The summed E-state index contributed by atoms with van der Waals surface area (Å²) in [6, 6.07) is 8.37. The molecule has 1 amide bonds. The summed E-state index contributed by atoms with van der Waals surface area (Å²) < 4.78 is 0. The van der Waals surface area contributed by atoms with Crippen LogP contribution in [0.3, 0.4) is 0 Å². The number of carbonyl (C=O) groups excluding carboxylic acids is 1. The predicted molar refractivity (Wildman–Crippen MR) is 110 cm³/mol. The highest BCUT2D eigenvalue weighted by Crippen LogP contribution is 2.15. The summed E-state index contributed by atoms with van der Waals surface area (Å²) in [4.78, 5) is 23.9. The molecule has 2 heterocycles. The Morgan fingerprint density at radius 1 is 1.26 bits per heavy atom. The number of thiazole rings is 1. The number of hydrogen-bond acceptors (Lipinski definition) is 4. The number of nitrogens with zero attached hydrogens (tertiary/aromatic N) is 3. The van der Waals surface area contributed by atoms with Crippen molar-refractivity contribution in [3.05, 3.63) is 51.5 Å². The lowest BCUT2D eigenvalue weighted by Crippen LogP contribution is -2.36. The molecule has 144 valence electrons. The summed E-state index contributed by atoms with van der Waals surface area (Å²) in [6.07, 6.45) is 3.56. The Morgan fingerprint density at radius 2 is 2.04 bits per heavy atom. The number of hydrogen-bond donors (Lipinski definition) is 2. The Morgan fingerprint density at radius 3 is 2.67 bits per heavy atom. The van der Waals surface area contributed by atoms with Gasteiger partial charge in [-0.3, -0.25) is 4.79 Å². The molecule has 0 unspecified atom stereocenters. The Kier molecular flexibility index (Phi) is 6.81. The van der Waals surface area contributed by atoms with Gasteiger partial charge in [0.05, 0.1) is 13.1 Å². The summed E-state index contributed by atoms with van der Waals surface area (Å²) in [5.41, 5.74) is 2.32. The van der Waals surface area contributed by atoms with Crippen LogP contribution in [0.4, 0.5) is 0 Å². The van der Waals surface area contributed by atoms with Crippen LogP contribution in [0.25, 0.3) is 0 Å². The first-order valence-corrected chi connectivity index (χ1v) is 10.2. The molecule has 3 rings (SSSR count). The molecule has 6 nitrogen and oxygen atoms in total. The number of benzene rings is 1. The lowest BCUT2D eigenvalue weighted by atomic mass is 10.1. The minimum atomic E-state index is 0.264. The van der Waals surface area contributed by atoms with Crippen LogP contribution in [0.2, 0.25) is 0 Å². The summed E-state index contributed by atoms with van der Waals surface area (Å²) in [5, 5.41) is 7.65. The van der Waals surface area contributed by atoms with Gasteiger partial charge in [0.15, 0.2) is 5.96 Å². The van der Waals surface area contributed by atoms with E-state index < -0.39 is 0 Å². The number of aryl methyl sites for hydroxylation is 1. The number of nitrogens with one attached hydrogen (secondary N) is 2. The SMILES string of the molecule is CCNC(=NCc1ccc(CN2CCCC2=O)cc1)NCc1ncc(C)s1. The molecule has 1 saturated heterocycles. The number of likely N-dealkylation sites (tertiary alicyclic amines) is 1. The van der Waals surface area contributed by atoms with E-state index in [-0.39, 0.29) is 5.91 Å². The number of carbonyl (C=O) groups is 1. The highest BCUT2D eigenvalue weighted by atomic mass is 32.1. The van der Waals surface area contributed by atoms with Crippen LogP contribution in [-0.4, -0.2) is 34.8 Å². The summed E-state index contributed by atoms with van der Waals surface area (Å²) in [6.45, 7) is 7.79. The van der Waals surface area contributed by atoms with Crippen molar-refractivity contribution in [2.24, 2.45) is 4.99 Å². The van der Waals surface area contributed by atoms with Crippen LogP contribution in [0.15, 0.2) is 35.5 Å². The van der Waals surface area contributed by atoms with Gasteiger partial charge >= 0.3 is 0 Å². The molecule has 27 heavy (non-hydrogen) atoms. The van der Waals surface area contributed by atoms with Crippen LogP contribution in [-0.2, 0) is 24.4 Å². The molecule has 1 fully saturated rings. The van der Waals surface area contributed by atoms with Gasteiger partial charge in [-0.1, -0.05) is 24.3 Å². The van der Waals surface area contributed by atoms with Crippen molar-refractivity contribution in [1.82, 2.24) is 20.5 Å². The maximum absolute atomic E-state index is 11.7. The second kappa shape index (κ2) is 9.50. The minimum absolute atomic E-state index is 0.264. The molecule has 0 atom stereocenters. The van der Waals surface area contributed by atoms with Crippen LogP contribution < -0.4 is 10.6 Å². The molecule has 1 aromatic heterocycles. The fourth-order valence-corrected chi connectivity index (χ4v) is 3.72. The third-order valence-electron chi connectivity index (χ3n) is 4.41. The van der Waals surface area contributed by atoms with Gasteiger partial charge in [-0.15, -0.1) is 11.3 Å². The average Bonchev–Trinajstić information content (AvgIpc) is 3.27. The quantitative estimate of drug-likeness (QED) is 0.568. The van der Waals surface area contributed by atoms with Crippen molar-refractivity contribution in [3.8, 4) is 0 Å². The van der Waals surface area contributed by atoms with Gasteiger partial charge in [0.1, 0.15) is 5.01 Å². The third-order valence-corrected chi connectivity index (χ3v) is 5.32. The van der Waals surface area contributed by atoms with E-state index >= 15 is 0 Å². The maximum atomic E-state index is 11.7. The Bertz CT molecular complexity index is 784. The molecule has 2 aromatic rings. The summed E-state index contributed by atoms with van der Waals surface area (Å²) >= 11 is 1.69. The van der Waals surface area contributed by atoms with Crippen molar-refractivity contribution >= 4 is 23.2 Å². The lowest BCUT2D eigenvalue weighted by Gasteiger charge is -2.15. The fourth-order valence-electron chi connectivity index (χ4n) is 3.00. The number of aliphatic imine (C=N–C) groups is 1. The number of aromatic nitrogens is 1. The van der Waals surface area contributed by atoms with E-state index in [2.05, 4.69) is 58.7 Å². The molecule has 1 aromatic carbocycles. The molecular weight excluding hydrogens is 358 g/mol. The van der Waals surface area contributed by atoms with E-state index in [0.717, 1.165) is 36.0 Å². The van der Waals surface area contributed by atoms with Crippen LogP contribution in [0.1, 0.15) is 40.8 Å². The third kappa shape index (κ3) is 5.79. The molecule has 1 aliphatic heterocycles. The zero-order chi connectivity index (χ0) is 19.1. The van der Waals surface area contributed by atoms with Gasteiger partial charge in [-0.25, -0.2) is 9.98 Å². The zero-order valence-corrected chi connectivity index (χ0v) is 16.8. The Balaban J connectivity index is 1.54. The molecule has 0 aliphatic carbocycles. The van der Waals surface area contributed by atoms with Gasteiger partial charge in [-0.05, 0) is 31.4 Å². The van der Waals surface area contributed by atoms with Crippen molar-refractivity contribution < 1.29 is 4.79 Å². The zero-order valence-electron chi connectivity index (χ0n) is 16.0. The first-order chi connectivity index (χ1) is 13.1. The van der Waals surface area contributed by atoms with Crippen molar-refractivity contribution in [2.75, 3.05) is 13.1 Å². The molecule has 7 heteroatoms. The number of rotatable bonds is 7. The summed E-state index contributed by atoms with van der Waals surface area (Å²) in [5.74, 6) is 1.05. The Hall–Kier alpha value is -2.41. The molecule has 0 spiro atoms. The van der Waals surface area contributed by atoms with E-state index in [9.17, 15) is 4.79 Å². The molecule has 1 aliphatic rings. The topological polar surface area (TPSA) is 69.6 Å². The van der Waals surface area contributed by atoms with Crippen LogP contribution in [0, 0.1) is 6.92 Å². The molecule has 0 bridgehead atoms. The van der Waals surface area contributed by atoms with Gasteiger partial charge in [0.2, 0.25) is 5.91 Å². The van der Waals surface area contributed by atoms with Crippen molar-refractivity contribution in [1.29, 1.82) is 0 Å². The monoisotopic (exact) mass is 385 g/mol. The summed E-state index contributed by atoms with van der Waals surface area (Å²) in [7, 11) is 0. The van der Waals surface area contributed by atoms with Crippen LogP contribution >= 0.6 is 11.3 Å².